The van der Waals surface area contributed by atoms with Crippen LogP contribution < -0.4 is 0 Å². The Morgan fingerprint density at radius 1 is 0.538 bits per heavy atom. The molecule has 2 N–H and O–H groups in total. The minimum atomic E-state index is -0.648. The van der Waals surface area contributed by atoms with Crippen LogP contribution in [0.3, 0.4) is 0 Å². The molecule has 6 nitrogen and oxygen atoms in total. The van der Waals surface area contributed by atoms with E-state index < -0.39 is 35.0 Å². The predicted octanol–water partition coefficient (Wildman–Crippen LogP) is 1.30. The van der Waals surface area contributed by atoms with E-state index in [0.29, 0.717) is 33.4 Å². The van der Waals surface area contributed by atoms with E-state index in [9.17, 15) is 29.4 Å². The van der Waals surface area contributed by atoms with Gasteiger partial charge in [0.15, 0.2) is 11.5 Å². The van der Waals surface area contributed by atoms with Gasteiger partial charge in [-0.2, -0.15) is 0 Å². The molecule has 0 saturated heterocycles. The monoisotopic (exact) mass is 346 g/mol. The first-order valence-electron chi connectivity index (χ1n) is 7.96. The van der Waals surface area contributed by atoms with Gasteiger partial charge >= 0.3 is 0 Å². The van der Waals surface area contributed by atoms with Crippen LogP contribution in [0.1, 0.15) is 23.0 Å². The standard InChI is InChI=1S/C20H10O6/c21-13-1-7-8(2-14(13)22)20-11-5-17(25)15(23)3-9(11)19(7)10-4-16(24)18(26)6-12(10)20/h1-6,19-22H. The number of ketones is 4. The van der Waals surface area contributed by atoms with Crippen LogP contribution in [-0.2, 0) is 19.2 Å². The predicted molar refractivity (Wildman–Crippen MR) is 87.6 cm³/mol. The van der Waals surface area contributed by atoms with Crippen LogP contribution in [0, 0.1) is 0 Å². The van der Waals surface area contributed by atoms with E-state index in [0.717, 1.165) is 0 Å². The van der Waals surface area contributed by atoms with Crippen LogP contribution in [0.2, 0.25) is 0 Å². The Bertz CT molecular complexity index is 976. The van der Waals surface area contributed by atoms with Crippen molar-refractivity contribution in [3.05, 3.63) is 69.9 Å². The first-order valence-corrected chi connectivity index (χ1v) is 7.96. The summed E-state index contributed by atoms with van der Waals surface area (Å²) in [7, 11) is 0. The van der Waals surface area contributed by atoms with Gasteiger partial charge in [-0.1, -0.05) is 0 Å². The van der Waals surface area contributed by atoms with Crippen LogP contribution >= 0.6 is 0 Å². The van der Waals surface area contributed by atoms with Gasteiger partial charge in [0.2, 0.25) is 23.1 Å². The van der Waals surface area contributed by atoms with Gasteiger partial charge in [0.1, 0.15) is 0 Å². The van der Waals surface area contributed by atoms with Crippen molar-refractivity contribution in [2.45, 2.75) is 11.8 Å². The highest BCUT2D eigenvalue weighted by molar-refractivity contribution is 6.48. The summed E-state index contributed by atoms with van der Waals surface area (Å²) in [5, 5.41) is 19.8. The van der Waals surface area contributed by atoms with Crippen molar-refractivity contribution in [1.82, 2.24) is 0 Å². The number of carbonyl (C=O) groups is 4. The van der Waals surface area contributed by atoms with E-state index in [-0.39, 0.29) is 11.5 Å². The molecule has 6 heteroatoms. The van der Waals surface area contributed by atoms with E-state index in [1.807, 2.05) is 0 Å². The molecule has 0 amide bonds. The third-order valence-corrected chi connectivity index (χ3v) is 5.34. The summed E-state index contributed by atoms with van der Waals surface area (Å²) in [6, 6.07) is 2.80. The van der Waals surface area contributed by atoms with E-state index in [2.05, 4.69) is 0 Å². The molecule has 0 spiro atoms. The lowest BCUT2D eigenvalue weighted by molar-refractivity contribution is -0.131. The molecule has 2 bridgehead atoms. The second-order valence-corrected chi connectivity index (χ2v) is 6.69. The molecule has 0 atom stereocenters. The molecule has 0 aromatic heterocycles. The second-order valence-electron chi connectivity index (χ2n) is 6.69. The van der Waals surface area contributed by atoms with Crippen LogP contribution in [0.15, 0.2) is 58.7 Å². The fraction of sp³-hybridized carbons (Fsp3) is 0.100. The average molecular weight is 346 g/mol. The SMILES string of the molecule is O=C1C=C2C(=CC1=O)C1C3=CC(=O)C(=O)C=C3C2c2cc(O)c(O)cc21. The van der Waals surface area contributed by atoms with Crippen LogP contribution in [-0.4, -0.2) is 33.3 Å². The topological polar surface area (TPSA) is 109 Å². The van der Waals surface area contributed by atoms with E-state index in [1.165, 1.54) is 36.4 Å². The number of allylic oxidation sites excluding steroid dienone is 8. The van der Waals surface area contributed by atoms with Gasteiger partial charge in [-0.25, -0.2) is 0 Å². The van der Waals surface area contributed by atoms with Crippen molar-refractivity contribution in [1.29, 1.82) is 0 Å². The maximum atomic E-state index is 11.9. The molecule has 6 rings (SSSR count). The van der Waals surface area contributed by atoms with Gasteiger partial charge in [0.05, 0.1) is 0 Å². The molecule has 0 radical (unpaired) electrons. The minimum Gasteiger partial charge on any atom is -0.504 e. The molecular formula is C20H10O6. The number of phenolic OH excluding ortho intramolecular Hbond substituents is 2. The molecule has 5 aliphatic rings. The Balaban J connectivity index is 1.89. The summed E-state index contributed by atoms with van der Waals surface area (Å²) in [4.78, 5) is 47.7. The molecule has 1 aromatic rings. The Kier molecular flexibility index (Phi) is 2.58. The number of benzene rings is 1. The molecule has 26 heavy (non-hydrogen) atoms. The number of rotatable bonds is 0. The Labute approximate surface area is 146 Å². The van der Waals surface area contributed by atoms with Gasteiger partial charge in [-0.05, 0) is 69.9 Å². The number of hydrogen-bond acceptors (Lipinski definition) is 6. The summed E-state index contributed by atoms with van der Waals surface area (Å²) in [5.41, 5.74) is 3.62. The molecule has 0 aliphatic heterocycles. The zero-order chi connectivity index (χ0) is 18.3. The molecular weight excluding hydrogens is 336 g/mol. The fourth-order valence-corrected chi connectivity index (χ4v) is 4.30. The largest absolute Gasteiger partial charge is 0.504 e. The summed E-state index contributed by atoms with van der Waals surface area (Å²) in [6.45, 7) is 0. The summed E-state index contributed by atoms with van der Waals surface area (Å²) in [5.74, 6) is -4.35. The van der Waals surface area contributed by atoms with Crippen molar-refractivity contribution >= 4 is 23.1 Å². The zero-order valence-corrected chi connectivity index (χ0v) is 13.1. The van der Waals surface area contributed by atoms with Gasteiger partial charge in [-0.15, -0.1) is 0 Å². The summed E-state index contributed by atoms with van der Waals surface area (Å²) in [6.07, 6.45) is 5.06. The second kappa shape index (κ2) is 4.54. The van der Waals surface area contributed by atoms with E-state index in [4.69, 9.17) is 0 Å². The molecule has 126 valence electrons. The van der Waals surface area contributed by atoms with Gasteiger partial charge in [0.25, 0.3) is 0 Å². The van der Waals surface area contributed by atoms with Gasteiger partial charge in [0, 0.05) is 11.8 Å². The van der Waals surface area contributed by atoms with Gasteiger partial charge < -0.3 is 10.2 Å². The lowest BCUT2D eigenvalue weighted by Crippen LogP contribution is -2.36. The molecule has 0 heterocycles. The maximum Gasteiger partial charge on any atom is 0.226 e. The van der Waals surface area contributed by atoms with Gasteiger partial charge in [-0.3, -0.25) is 19.2 Å². The minimum absolute atomic E-state index is 0.315. The van der Waals surface area contributed by atoms with Crippen molar-refractivity contribution in [3.8, 4) is 11.5 Å². The Morgan fingerprint density at radius 2 is 0.808 bits per heavy atom. The number of phenols is 2. The van der Waals surface area contributed by atoms with Crippen molar-refractivity contribution < 1.29 is 29.4 Å². The quantitative estimate of drug-likeness (QED) is 0.416. The highest BCUT2D eigenvalue weighted by Gasteiger charge is 2.49. The Morgan fingerprint density at radius 3 is 1.08 bits per heavy atom. The lowest BCUT2D eigenvalue weighted by atomic mass is 9.55. The van der Waals surface area contributed by atoms with Crippen molar-refractivity contribution in [3.63, 3.8) is 0 Å². The molecule has 0 unspecified atom stereocenters. The third-order valence-electron chi connectivity index (χ3n) is 5.34. The van der Waals surface area contributed by atoms with Crippen molar-refractivity contribution in [2.24, 2.45) is 0 Å². The fourth-order valence-electron chi connectivity index (χ4n) is 4.30. The molecule has 1 aromatic carbocycles. The smallest absolute Gasteiger partial charge is 0.226 e. The molecule has 1 saturated carbocycles. The van der Waals surface area contributed by atoms with Crippen molar-refractivity contribution in [2.75, 3.05) is 0 Å². The lowest BCUT2D eigenvalue weighted by Gasteiger charge is -2.47. The van der Waals surface area contributed by atoms with Crippen LogP contribution in [0.4, 0.5) is 0 Å². The third kappa shape index (κ3) is 1.65. The number of carbonyl (C=O) groups excluding carboxylic acids is 4. The summed E-state index contributed by atoms with van der Waals surface area (Å²) >= 11 is 0. The first-order chi connectivity index (χ1) is 12.4. The normalized spacial score (nSPS) is 25.7. The molecule has 5 aliphatic carbocycles. The number of hydrogen-bond donors (Lipinski definition) is 2. The van der Waals surface area contributed by atoms with E-state index in [1.54, 1.807) is 0 Å². The first kappa shape index (κ1) is 14.8. The maximum absolute atomic E-state index is 11.9. The highest BCUT2D eigenvalue weighted by atomic mass is 16.3. The zero-order valence-electron chi connectivity index (χ0n) is 13.1. The van der Waals surface area contributed by atoms with Crippen LogP contribution in [0.5, 0.6) is 11.5 Å². The highest BCUT2D eigenvalue weighted by Crippen LogP contribution is 2.62. The Hall–Kier alpha value is -3.54. The van der Waals surface area contributed by atoms with E-state index >= 15 is 0 Å². The number of aromatic hydroxyl groups is 2. The van der Waals surface area contributed by atoms with Crippen LogP contribution in [0.25, 0.3) is 0 Å². The summed E-state index contributed by atoms with van der Waals surface area (Å²) < 4.78 is 0. The molecule has 1 fully saturated rings. The average Bonchev–Trinajstić information content (AvgIpc) is 2.58.